The minimum absolute atomic E-state index is 0.137. The van der Waals surface area contributed by atoms with Crippen LogP contribution in [0.25, 0.3) is 0 Å². The lowest BCUT2D eigenvalue weighted by Gasteiger charge is -2.41. The molecule has 1 atom stereocenters. The van der Waals surface area contributed by atoms with Gasteiger partial charge in [-0.1, -0.05) is 24.6 Å². The number of para-hydroxylation sites is 1. The summed E-state index contributed by atoms with van der Waals surface area (Å²) in [7, 11) is 0. The molecule has 0 aliphatic carbocycles. The normalized spacial score (nSPS) is 20.3. The van der Waals surface area contributed by atoms with E-state index in [2.05, 4.69) is 15.5 Å². The number of nitrogens with one attached hydrogen (secondary N) is 2. The van der Waals surface area contributed by atoms with Gasteiger partial charge in [0.25, 0.3) is 11.8 Å². The number of anilines is 1. The number of halogens is 5. The number of alkyl halides is 5. The van der Waals surface area contributed by atoms with Gasteiger partial charge < -0.3 is 30.2 Å². The lowest BCUT2D eigenvalue weighted by atomic mass is 9.98. The summed E-state index contributed by atoms with van der Waals surface area (Å²) in [5, 5.41) is 5.35. The first-order valence-electron chi connectivity index (χ1n) is 18.0. The second-order valence-corrected chi connectivity index (χ2v) is 14.4. The summed E-state index contributed by atoms with van der Waals surface area (Å²) < 4.78 is 69.6. The van der Waals surface area contributed by atoms with E-state index in [9.17, 15) is 41.1 Å². The van der Waals surface area contributed by atoms with E-state index in [1.54, 1.807) is 14.7 Å². The van der Waals surface area contributed by atoms with Crippen molar-refractivity contribution in [3.05, 3.63) is 64.7 Å². The van der Waals surface area contributed by atoms with Crippen molar-refractivity contribution in [1.82, 2.24) is 24.9 Å². The standard InChI is InChI=1S/C37H45F5N6O4/c1-36(38,39)26-19-25(20-27(21-26)37(40,41)42)33(50)43-31(34(51)47-17-9-28(10-18-47)45-13-5-2-6-14-45)22-32(49)46-15-11-29(12-16-46)48-23-24-7-3-4-8-30(24)44-35(48)52/h3-4,7-8,19-21,28-29,31H,2,5-6,9-18,22-23H2,1H3,(H,43,50)(H,44,52)/t31-/m0/s1. The molecule has 0 aromatic heterocycles. The van der Waals surface area contributed by atoms with Gasteiger partial charge in [0.2, 0.25) is 11.8 Å². The quantitative estimate of drug-likeness (QED) is 0.333. The number of hydrogen-bond acceptors (Lipinski definition) is 5. The van der Waals surface area contributed by atoms with Crippen molar-refractivity contribution in [3.8, 4) is 0 Å². The minimum Gasteiger partial charge on any atom is -0.342 e. The van der Waals surface area contributed by atoms with E-state index in [0.717, 1.165) is 37.2 Å². The Balaban J connectivity index is 1.15. The van der Waals surface area contributed by atoms with Gasteiger partial charge in [-0.15, -0.1) is 0 Å². The van der Waals surface area contributed by atoms with Gasteiger partial charge in [-0.25, -0.2) is 13.6 Å². The maximum atomic E-state index is 14.2. The van der Waals surface area contributed by atoms with E-state index in [4.69, 9.17) is 0 Å². The molecule has 3 fully saturated rings. The van der Waals surface area contributed by atoms with Crippen molar-refractivity contribution in [2.45, 2.75) is 95.1 Å². The lowest BCUT2D eigenvalue weighted by Crippen LogP contribution is -2.55. The fourth-order valence-corrected chi connectivity index (χ4v) is 7.82. The molecule has 6 rings (SSSR count). The molecule has 0 bridgehead atoms. The summed E-state index contributed by atoms with van der Waals surface area (Å²) in [6.07, 6.45) is 0.310. The molecular weight excluding hydrogens is 687 g/mol. The lowest BCUT2D eigenvalue weighted by molar-refractivity contribution is -0.140. The summed E-state index contributed by atoms with van der Waals surface area (Å²) in [5.74, 6) is -5.84. The summed E-state index contributed by atoms with van der Waals surface area (Å²) in [5.41, 5.74) is -1.38. The Morgan fingerprint density at radius 1 is 0.827 bits per heavy atom. The fraction of sp³-hybridized carbons (Fsp3) is 0.568. The molecule has 0 saturated carbocycles. The van der Waals surface area contributed by atoms with Crippen LogP contribution in [0.4, 0.5) is 32.4 Å². The second kappa shape index (κ2) is 15.4. The average molecular weight is 733 g/mol. The van der Waals surface area contributed by atoms with Gasteiger partial charge in [-0.05, 0) is 81.4 Å². The van der Waals surface area contributed by atoms with Gasteiger partial charge in [0, 0.05) is 68.5 Å². The van der Waals surface area contributed by atoms with Crippen LogP contribution in [-0.2, 0) is 28.2 Å². The third-order valence-electron chi connectivity index (χ3n) is 10.8. The second-order valence-electron chi connectivity index (χ2n) is 14.4. The van der Waals surface area contributed by atoms with Gasteiger partial charge in [-0.2, -0.15) is 13.2 Å². The van der Waals surface area contributed by atoms with E-state index in [1.807, 2.05) is 24.3 Å². The molecule has 2 aromatic carbocycles. The smallest absolute Gasteiger partial charge is 0.342 e. The first kappa shape index (κ1) is 37.5. The maximum Gasteiger partial charge on any atom is 0.416 e. The molecule has 0 spiro atoms. The molecule has 0 radical (unpaired) electrons. The third kappa shape index (κ3) is 8.67. The first-order chi connectivity index (χ1) is 24.7. The number of piperidine rings is 3. The van der Waals surface area contributed by atoms with Crippen LogP contribution in [0, 0.1) is 0 Å². The van der Waals surface area contributed by atoms with Crippen molar-refractivity contribution in [2.24, 2.45) is 0 Å². The molecule has 15 heteroatoms. The number of urea groups is 1. The highest BCUT2D eigenvalue weighted by Crippen LogP contribution is 2.36. The molecule has 0 unspecified atom stereocenters. The molecule has 4 aliphatic rings. The van der Waals surface area contributed by atoms with Crippen LogP contribution in [0.1, 0.15) is 85.3 Å². The Bertz CT molecular complexity index is 1610. The van der Waals surface area contributed by atoms with Gasteiger partial charge in [0.15, 0.2) is 0 Å². The molecule has 5 amide bonds. The number of fused-ring (bicyclic) bond motifs is 1. The highest BCUT2D eigenvalue weighted by atomic mass is 19.4. The monoisotopic (exact) mass is 732 g/mol. The zero-order valence-corrected chi connectivity index (χ0v) is 29.2. The Kier molecular flexibility index (Phi) is 11.1. The topological polar surface area (TPSA) is 105 Å². The largest absolute Gasteiger partial charge is 0.416 e. The van der Waals surface area contributed by atoms with Crippen molar-refractivity contribution < 1.29 is 41.1 Å². The van der Waals surface area contributed by atoms with Crippen LogP contribution in [0.2, 0.25) is 0 Å². The molecule has 4 aliphatic heterocycles. The van der Waals surface area contributed by atoms with Gasteiger partial charge in [-0.3, -0.25) is 14.4 Å². The van der Waals surface area contributed by atoms with Gasteiger partial charge in [0.05, 0.1) is 12.0 Å². The number of nitrogens with zero attached hydrogens (tertiary/aromatic N) is 4. The van der Waals surface area contributed by atoms with Gasteiger partial charge >= 0.3 is 12.2 Å². The van der Waals surface area contributed by atoms with E-state index in [1.165, 1.54) is 6.42 Å². The van der Waals surface area contributed by atoms with E-state index in [-0.39, 0.29) is 25.2 Å². The van der Waals surface area contributed by atoms with Gasteiger partial charge in [0.1, 0.15) is 6.04 Å². The highest BCUT2D eigenvalue weighted by Gasteiger charge is 2.38. The zero-order chi connectivity index (χ0) is 37.2. The highest BCUT2D eigenvalue weighted by molar-refractivity contribution is 5.99. The Hall–Kier alpha value is -4.27. The minimum atomic E-state index is -5.01. The SMILES string of the molecule is CC(F)(F)c1cc(C(=O)N[C@@H](CC(=O)N2CCC(N3Cc4ccccc4NC3=O)CC2)C(=O)N2CCC(N3CCCCC3)CC2)cc(C(F)(F)F)c1. The molecule has 4 heterocycles. The molecular formula is C37H45F5N6O4. The van der Waals surface area contributed by atoms with Crippen LogP contribution < -0.4 is 10.6 Å². The Morgan fingerprint density at radius 3 is 2.10 bits per heavy atom. The number of carbonyl (C=O) groups is 4. The molecule has 2 aromatic rings. The Morgan fingerprint density at radius 2 is 1.44 bits per heavy atom. The number of rotatable bonds is 8. The van der Waals surface area contributed by atoms with E-state index >= 15 is 0 Å². The average Bonchev–Trinajstić information content (AvgIpc) is 3.13. The Labute approximate surface area is 299 Å². The molecule has 10 nitrogen and oxygen atoms in total. The third-order valence-corrected chi connectivity index (χ3v) is 10.8. The summed E-state index contributed by atoms with van der Waals surface area (Å²) in [6.45, 7) is 4.18. The van der Waals surface area contributed by atoms with Crippen LogP contribution in [-0.4, -0.2) is 101 Å². The van der Waals surface area contributed by atoms with Crippen LogP contribution in [0.15, 0.2) is 42.5 Å². The van der Waals surface area contributed by atoms with E-state index < -0.39 is 59.0 Å². The van der Waals surface area contributed by atoms with Crippen molar-refractivity contribution >= 4 is 29.4 Å². The molecule has 2 N–H and O–H groups in total. The first-order valence-corrected chi connectivity index (χ1v) is 18.0. The summed E-state index contributed by atoms with van der Waals surface area (Å²) >= 11 is 0. The van der Waals surface area contributed by atoms with Crippen LogP contribution in [0.5, 0.6) is 0 Å². The van der Waals surface area contributed by atoms with Crippen LogP contribution in [0.3, 0.4) is 0 Å². The number of amides is 5. The summed E-state index contributed by atoms with van der Waals surface area (Å²) in [4.78, 5) is 61.3. The number of benzene rings is 2. The fourth-order valence-electron chi connectivity index (χ4n) is 7.82. The molecule has 3 saturated heterocycles. The number of carbonyl (C=O) groups excluding carboxylic acids is 4. The number of hydrogen-bond donors (Lipinski definition) is 2. The van der Waals surface area contributed by atoms with Crippen LogP contribution >= 0.6 is 0 Å². The summed E-state index contributed by atoms with van der Waals surface area (Å²) in [6, 6.07) is 7.47. The van der Waals surface area contributed by atoms with Crippen molar-refractivity contribution in [1.29, 1.82) is 0 Å². The predicted molar refractivity (Wildman–Crippen MR) is 183 cm³/mol. The maximum absolute atomic E-state index is 14.2. The van der Waals surface area contributed by atoms with Crippen molar-refractivity contribution in [3.63, 3.8) is 0 Å². The molecule has 282 valence electrons. The van der Waals surface area contributed by atoms with E-state index in [0.29, 0.717) is 76.5 Å². The molecule has 52 heavy (non-hydrogen) atoms. The number of likely N-dealkylation sites (tertiary alicyclic amines) is 3. The zero-order valence-electron chi connectivity index (χ0n) is 29.2. The van der Waals surface area contributed by atoms with Crippen molar-refractivity contribution in [2.75, 3.05) is 44.6 Å². The predicted octanol–water partition coefficient (Wildman–Crippen LogP) is 5.82.